The molecule has 14 rings (SSSR count). The summed E-state index contributed by atoms with van der Waals surface area (Å²) in [6, 6.07) is 86.6. The zero-order chi connectivity index (χ0) is 44.7. The van der Waals surface area contributed by atoms with Crippen molar-refractivity contribution in [3.8, 4) is 22.3 Å². The Morgan fingerprint density at radius 2 is 0.588 bits per heavy atom. The molecule has 0 unspecified atom stereocenters. The summed E-state index contributed by atoms with van der Waals surface area (Å²) in [5, 5.41) is 11.4. The highest BCUT2D eigenvalue weighted by molar-refractivity contribution is 6.29. The van der Waals surface area contributed by atoms with E-state index >= 15 is 0 Å². The maximum absolute atomic E-state index is 7.07. The number of nitrogens with zero attached hydrogens (tertiary/aromatic N) is 2. The molecule has 4 nitrogen and oxygen atoms in total. The van der Waals surface area contributed by atoms with Crippen LogP contribution in [0.3, 0.4) is 0 Å². The maximum atomic E-state index is 7.07. The number of furan rings is 2. The van der Waals surface area contributed by atoms with Crippen molar-refractivity contribution in [1.29, 1.82) is 0 Å². The van der Waals surface area contributed by atoms with Crippen molar-refractivity contribution in [2.45, 2.75) is 0 Å². The molecule has 0 saturated carbocycles. The van der Waals surface area contributed by atoms with E-state index in [4.69, 9.17) is 8.83 Å². The van der Waals surface area contributed by atoms with Gasteiger partial charge in [0.2, 0.25) is 0 Å². The molecule has 0 atom stereocenters. The third-order valence-electron chi connectivity index (χ3n) is 13.8. The molecule has 0 aliphatic rings. The van der Waals surface area contributed by atoms with Gasteiger partial charge in [-0.15, -0.1) is 0 Å². The van der Waals surface area contributed by atoms with E-state index in [1.54, 1.807) is 0 Å². The van der Waals surface area contributed by atoms with Crippen molar-refractivity contribution in [1.82, 2.24) is 0 Å². The Balaban J connectivity index is 0.999. The second-order valence-corrected chi connectivity index (χ2v) is 17.5. The van der Waals surface area contributed by atoms with Crippen LogP contribution in [0.1, 0.15) is 0 Å². The first kappa shape index (κ1) is 38.2. The molecule has 0 saturated heterocycles. The minimum Gasteiger partial charge on any atom is -0.453 e. The van der Waals surface area contributed by atoms with Gasteiger partial charge in [0.05, 0.1) is 22.7 Å². The number of para-hydroxylation sites is 6. The summed E-state index contributed by atoms with van der Waals surface area (Å²) in [7, 11) is 0. The van der Waals surface area contributed by atoms with E-state index in [1.165, 1.54) is 21.5 Å². The molecule has 68 heavy (non-hydrogen) atoms. The van der Waals surface area contributed by atoms with Gasteiger partial charge in [-0.25, -0.2) is 0 Å². The lowest BCUT2D eigenvalue weighted by Crippen LogP contribution is -2.11. The molecular weight excluding hydrogens is 829 g/mol. The molecule has 4 heteroatoms. The standard InChI is InChI=1S/C64H40N2O2/c1-5-17-41(18-6-1)47-25-13-27-49-51-29-15-31-57(63(51)67-61(47)49)65(45-21-9-3-10-22-45)55-39-35-43-34-38-54-56(40-36-44-33-37-53(55)59(43)60(44)54)66(46-23-11-4-12-24-46)58-32-16-30-52-50-28-14-26-48(62(50)68-64(52)58)42-19-7-2-8-20-42/h1-40H. The van der Waals surface area contributed by atoms with Gasteiger partial charge in [-0.05, 0) is 81.2 Å². The molecule has 0 aliphatic heterocycles. The van der Waals surface area contributed by atoms with Crippen LogP contribution in [0.5, 0.6) is 0 Å². The van der Waals surface area contributed by atoms with E-state index < -0.39 is 0 Å². The summed E-state index contributed by atoms with van der Waals surface area (Å²) in [6.07, 6.45) is 0. The fourth-order valence-electron chi connectivity index (χ4n) is 10.8. The van der Waals surface area contributed by atoms with Crippen LogP contribution >= 0.6 is 0 Å². The molecule has 0 fully saturated rings. The first-order chi connectivity index (χ1) is 33.8. The van der Waals surface area contributed by atoms with Crippen molar-refractivity contribution >= 4 is 110 Å². The van der Waals surface area contributed by atoms with Gasteiger partial charge in [-0.3, -0.25) is 0 Å². The van der Waals surface area contributed by atoms with E-state index in [2.05, 4.69) is 252 Å². The van der Waals surface area contributed by atoms with Crippen molar-refractivity contribution in [3.63, 3.8) is 0 Å². The zero-order valence-corrected chi connectivity index (χ0v) is 36.8. The molecule has 2 heterocycles. The fourth-order valence-corrected chi connectivity index (χ4v) is 10.8. The molecule has 0 radical (unpaired) electrons. The van der Waals surface area contributed by atoms with E-state index in [0.717, 1.165) is 111 Å². The van der Waals surface area contributed by atoms with E-state index in [1.807, 2.05) is 0 Å². The van der Waals surface area contributed by atoms with Gasteiger partial charge in [-0.1, -0.05) is 194 Å². The largest absolute Gasteiger partial charge is 0.453 e. The third-order valence-corrected chi connectivity index (χ3v) is 13.8. The monoisotopic (exact) mass is 868 g/mol. The minimum atomic E-state index is 0.844. The molecular formula is C64H40N2O2. The molecule has 14 aromatic rings. The van der Waals surface area contributed by atoms with E-state index in [9.17, 15) is 0 Å². The summed E-state index contributed by atoms with van der Waals surface area (Å²) in [5.74, 6) is 0. The Morgan fingerprint density at radius 3 is 1.00 bits per heavy atom. The van der Waals surface area contributed by atoms with Crippen LogP contribution in [0.15, 0.2) is 251 Å². The molecule has 0 spiro atoms. The van der Waals surface area contributed by atoms with Crippen LogP contribution in [-0.4, -0.2) is 0 Å². The van der Waals surface area contributed by atoms with Crippen LogP contribution in [0.4, 0.5) is 34.1 Å². The Labute approximate surface area is 392 Å². The third kappa shape index (κ3) is 5.81. The van der Waals surface area contributed by atoms with Crippen LogP contribution in [0.25, 0.3) is 98.4 Å². The lowest BCUT2D eigenvalue weighted by molar-refractivity contribution is 0.670. The smallest absolute Gasteiger partial charge is 0.159 e. The minimum absolute atomic E-state index is 0.844. The fraction of sp³-hybridized carbons (Fsp3) is 0. The number of rotatable bonds is 8. The highest BCUT2D eigenvalue weighted by Gasteiger charge is 2.26. The van der Waals surface area contributed by atoms with Gasteiger partial charge in [0.1, 0.15) is 11.2 Å². The number of benzene rings is 12. The molecule has 0 bridgehead atoms. The maximum Gasteiger partial charge on any atom is 0.159 e. The van der Waals surface area contributed by atoms with Crippen molar-refractivity contribution in [3.05, 3.63) is 243 Å². The van der Waals surface area contributed by atoms with Crippen LogP contribution in [0, 0.1) is 0 Å². The summed E-state index contributed by atoms with van der Waals surface area (Å²) in [4.78, 5) is 4.75. The molecule has 318 valence electrons. The summed E-state index contributed by atoms with van der Waals surface area (Å²) in [6.45, 7) is 0. The summed E-state index contributed by atoms with van der Waals surface area (Å²) < 4.78 is 14.1. The predicted octanol–water partition coefficient (Wildman–Crippen LogP) is 18.7. The van der Waals surface area contributed by atoms with Crippen molar-refractivity contribution in [2.24, 2.45) is 0 Å². The number of fused-ring (bicyclic) bond motifs is 6. The van der Waals surface area contributed by atoms with E-state index in [0.29, 0.717) is 0 Å². The van der Waals surface area contributed by atoms with Crippen LogP contribution in [0.2, 0.25) is 0 Å². The SMILES string of the molecule is c1ccc(-c2cccc3c2oc2c(N(c4ccccc4)c4ccc5ccc6c(N(c7ccccc7)c7cccc8c7oc7c(-c9ccccc9)cccc78)ccc7ccc4c5c76)cccc23)cc1. The van der Waals surface area contributed by atoms with Gasteiger partial charge in [0.15, 0.2) is 11.2 Å². The number of hydrogen-bond acceptors (Lipinski definition) is 4. The number of hydrogen-bond donors (Lipinski definition) is 0. The topological polar surface area (TPSA) is 32.8 Å². The normalized spacial score (nSPS) is 11.8. The summed E-state index contributed by atoms with van der Waals surface area (Å²) in [5.41, 5.74) is 14.0. The quantitative estimate of drug-likeness (QED) is 0.142. The molecule has 0 amide bonds. The zero-order valence-electron chi connectivity index (χ0n) is 36.8. The Hall–Kier alpha value is -9.12. The van der Waals surface area contributed by atoms with Gasteiger partial charge in [0, 0.05) is 54.8 Å². The molecule has 12 aromatic carbocycles. The highest BCUT2D eigenvalue weighted by Crippen LogP contribution is 2.51. The first-order valence-electron chi connectivity index (χ1n) is 23.2. The Morgan fingerprint density at radius 1 is 0.235 bits per heavy atom. The molecule has 0 aliphatic carbocycles. The van der Waals surface area contributed by atoms with E-state index in [-0.39, 0.29) is 0 Å². The van der Waals surface area contributed by atoms with Gasteiger partial charge >= 0.3 is 0 Å². The average molecular weight is 869 g/mol. The van der Waals surface area contributed by atoms with Gasteiger partial charge < -0.3 is 18.6 Å². The highest BCUT2D eigenvalue weighted by atomic mass is 16.3. The second kappa shape index (κ2) is 15.2. The van der Waals surface area contributed by atoms with Crippen molar-refractivity contribution in [2.75, 3.05) is 9.80 Å². The first-order valence-corrected chi connectivity index (χ1v) is 23.2. The molecule has 2 aromatic heterocycles. The number of anilines is 6. The van der Waals surface area contributed by atoms with Crippen molar-refractivity contribution < 1.29 is 8.83 Å². The van der Waals surface area contributed by atoms with Crippen LogP contribution < -0.4 is 9.80 Å². The second-order valence-electron chi connectivity index (χ2n) is 17.5. The lowest BCUT2D eigenvalue weighted by Gasteiger charge is -2.29. The lowest BCUT2D eigenvalue weighted by atomic mass is 9.91. The van der Waals surface area contributed by atoms with Gasteiger partial charge in [-0.2, -0.15) is 0 Å². The Kier molecular flexibility index (Phi) is 8.55. The average Bonchev–Trinajstić information content (AvgIpc) is 4.00. The summed E-state index contributed by atoms with van der Waals surface area (Å²) >= 11 is 0. The predicted molar refractivity (Wildman–Crippen MR) is 285 cm³/mol. The Bertz CT molecular complexity index is 3920. The van der Waals surface area contributed by atoms with Crippen LogP contribution in [-0.2, 0) is 0 Å². The van der Waals surface area contributed by atoms with Gasteiger partial charge in [0.25, 0.3) is 0 Å². The molecule has 0 N–H and O–H groups in total.